The van der Waals surface area contributed by atoms with Gasteiger partial charge in [-0.05, 0) is 24.1 Å². The number of rotatable bonds is 8. The predicted octanol–water partition coefficient (Wildman–Crippen LogP) is 3.87. The van der Waals surface area contributed by atoms with Crippen molar-refractivity contribution in [3.63, 3.8) is 0 Å². The molecule has 1 atom stereocenters. The summed E-state index contributed by atoms with van der Waals surface area (Å²) < 4.78 is 41.1. The predicted molar refractivity (Wildman–Crippen MR) is 73.7 cm³/mol. The molecule has 1 aromatic rings. The van der Waals surface area contributed by atoms with Crippen molar-refractivity contribution in [1.82, 2.24) is 5.32 Å². The van der Waals surface area contributed by atoms with Crippen LogP contribution in [-0.4, -0.2) is 25.9 Å². The highest BCUT2D eigenvalue weighted by Crippen LogP contribution is 2.19. The van der Waals surface area contributed by atoms with Gasteiger partial charge in [-0.15, -0.1) is 0 Å². The van der Waals surface area contributed by atoms with Crippen LogP contribution in [0.5, 0.6) is 0 Å². The van der Waals surface area contributed by atoms with Gasteiger partial charge < -0.3 is 10.1 Å². The molecule has 1 rings (SSSR count). The lowest BCUT2D eigenvalue weighted by molar-refractivity contribution is -0.175. The average molecular weight is 289 g/mol. The summed E-state index contributed by atoms with van der Waals surface area (Å²) in [6, 6.07) is 7.72. The maximum Gasteiger partial charge on any atom is 0.411 e. The summed E-state index contributed by atoms with van der Waals surface area (Å²) in [5.41, 5.74) is 2.17. The second-order valence-corrected chi connectivity index (χ2v) is 4.74. The number of nitrogens with one attached hydrogen (secondary N) is 1. The summed E-state index contributed by atoms with van der Waals surface area (Å²) in [4.78, 5) is 0. The first-order chi connectivity index (χ1) is 9.46. The largest absolute Gasteiger partial charge is 0.411 e. The smallest absolute Gasteiger partial charge is 0.370 e. The molecule has 0 amide bonds. The van der Waals surface area contributed by atoms with E-state index < -0.39 is 12.8 Å². The zero-order valence-electron chi connectivity index (χ0n) is 12.0. The van der Waals surface area contributed by atoms with Gasteiger partial charge in [-0.3, -0.25) is 0 Å². The Balaban J connectivity index is 2.67. The number of benzene rings is 1. The molecule has 0 aliphatic rings. The van der Waals surface area contributed by atoms with Crippen molar-refractivity contribution < 1.29 is 17.9 Å². The van der Waals surface area contributed by atoms with Gasteiger partial charge in [0, 0.05) is 0 Å². The third kappa shape index (κ3) is 6.39. The van der Waals surface area contributed by atoms with Crippen LogP contribution in [0.4, 0.5) is 13.2 Å². The van der Waals surface area contributed by atoms with Crippen LogP contribution in [0, 0.1) is 0 Å². The third-order valence-corrected chi connectivity index (χ3v) is 2.89. The number of hydrogen-bond acceptors (Lipinski definition) is 2. The van der Waals surface area contributed by atoms with E-state index in [2.05, 4.69) is 12.2 Å². The summed E-state index contributed by atoms with van der Waals surface area (Å²) in [7, 11) is 0. The highest BCUT2D eigenvalue weighted by Gasteiger charge is 2.28. The van der Waals surface area contributed by atoms with Gasteiger partial charge in [-0.25, -0.2) is 0 Å². The normalized spacial score (nSPS) is 13.4. The van der Waals surface area contributed by atoms with Crippen LogP contribution in [-0.2, 0) is 11.2 Å². The molecule has 2 nitrogen and oxygen atoms in total. The molecule has 5 heteroatoms. The van der Waals surface area contributed by atoms with E-state index in [0.717, 1.165) is 18.4 Å². The number of ether oxygens (including phenoxy) is 1. The fourth-order valence-electron chi connectivity index (χ4n) is 2.07. The zero-order valence-corrected chi connectivity index (χ0v) is 12.0. The Morgan fingerprint density at radius 3 is 2.60 bits per heavy atom. The van der Waals surface area contributed by atoms with Crippen molar-refractivity contribution >= 4 is 0 Å². The zero-order chi connectivity index (χ0) is 15.0. The van der Waals surface area contributed by atoms with Crippen molar-refractivity contribution in [2.24, 2.45) is 0 Å². The lowest BCUT2D eigenvalue weighted by Gasteiger charge is -2.19. The van der Waals surface area contributed by atoms with Crippen molar-refractivity contribution in [3.8, 4) is 0 Å². The summed E-state index contributed by atoms with van der Waals surface area (Å²) >= 11 is 0. The maximum absolute atomic E-state index is 12.1. The first-order valence-corrected chi connectivity index (χ1v) is 6.93. The van der Waals surface area contributed by atoms with Crippen LogP contribution in [0.3, 0.4) is 0 Å². The molecule has 0 spiro atoms. The van der Waals surface area contributed by atoms with Gasteiger partial charge in [-0.2, -0.15) is 13.2 Å². The molecule has 114 valence electrons. The highest BCUT2D eigenvalue weighted by molar-refractivity contribution is 5.26. The molecule has 1 N–H and O–H groups in total. The van der Waals surface area contributed by atoms with Crippen molar-refractivity contribution in [3.05, 3.63) is 35.4 Å². The number of alkyl halides is 3. The first kappa shape index (κ1) is 17.0. The minimum absolute atomic E-state index is 0.0168. The molecule has 0 aliphatic carbocycles. The van der Waals surface area contributed by atoms with Crippen LogP contribution in [0.1, 0.15) is 37.4 Å². The number of hydrogen-bond donors (Lipinski definition) is 1. The number of aryl methyl sites for hydroxylation is 1. The lowest BCUT2D eigenvalue weighted by Crippen LogP contribution is -2.28. The van der Waals surface area contributed by atoms with Crippen molar-refractivity contribution in [2.75, 3.05) is 19.8 Å². The van der Waals surface area contributed by atoms with Gasteiger partial charge in [0.15, 0.2) is 0 Å². The highest BCUT2D eigenvalue weighted by atomic mass is 19.4. The fourth-order valence-corrected chi connectivity index (χ4v) is 2.07. The summed E-state index contributed by atoms with van der Waals surface area (Å²) in [5, 5.41) is 3.16. The summed E-state index contributed by atoms with van der Waals surface area (Å²) in [5.74, 6) is 0. The van der Waals surface area contributed by atoms with Crippen LogP contribution in [0.15, 0.2) is 24.3 Å². The van der Waals surface area contributed by atoms with E-state index in [4.69, 9.17) is 4.74 Å². The van der Waals surface area contributed by atoms with Crippen LogP contribution in [0.25, 0.3) is 0 Å². The maximum atomic E-state index is 12.1. The average Bonchev–Trinajstić information content (AvgIpc) is 2.37. The van der Waals surface area contributed by atoms with Crippen molar-refractivity contribution in [1.29, 1.82) is 0 Å². The van der Waals surface area contributed by atoms with Crippen LogP contribution in [0.2, 0.25) is 0 Å². The quantitative estimate of drug-likeness (QED) is 0.784. The molecule has 1 aromatic carbocycles. The Hall–Kier alpha value is -1.07. The molecule has 1 unspecified atom stereocenters. The van der Waals surface area contributed by atoms with Gasteiger partial charge in [0.05, 0.1) is 12.6 Å². The Morgan fingerprint density at radius 2 is 2.00 bits per heavy atom. The molecule has 0 saturated carbocycles. The molecule has 0 bridgehead atoms. The Bertz CT molecular complexity index is 393. The Labute approximate surface area is 118 Å². The summed E-state index contributed by atoms with van der Waals surface area (Å²) in [6.07, 6.45) is -2.27. The molecular weight excluding hydrogens is 267 g/mol. The SMILES string of the molecule is CCCc1cccc(C(COCC(F)(F)F)NCC)c1. The minimum atomic E-state index is -4.28. The third-order valence-electron chi connectivity index (χ3n) is 2.89. The van der Waals surface area contributed by atoms with Gasteiger partial charge in [0.25, 0.3) is 0 Å². The van der Waals surface area contributed by atoms with Crippen LogP contribution < -0.4 is 5.32 Å². The molecular formula is C15H22F3NO. The van der Waals surface area contributed by atoms with E-state index in [-0.39, 0.29) is 12.6 Å². The van der Waals surface area contributed by atoms with E-state index in [0.29, 0.717) is 6.54 Å². The van der Waals surface area contributed by atoms with E-state index in [1.165, 1.54) is 5.56 Å². The molecule has 0 aromatic heterocycles. The van der Waals surface area contributed by atoms with E-state index in [1.54, 1.807) is 0 Å². The molecule has 0 heterocycles. The van der Waals surface area contributed by atoms with E-state index in [1.807, 2.05) is 31.2 Å². The Kier molecular flexibility index (Phi) is 7.02. The van der Waals surface area contributed by atoms with E-state index in [9.17, 15) is 13.2 Å². The second-order valence-electron chi connectivity index (χ2n) is 4.74. The molecule has 0 radical (unpaired) electrons. The molecule has 0 fully saturated rings. The molecule has 20 heavy (non-hydrogen) atoms. The van der Waals surface area contributed by atoms with Gasteiger partial charge >= 0.3 is 6.18 Å². The van der Waals surface area contributed by atoms with Gasteiger partial charge in [-0.1, -0.05) is 44.5 Å². The second kappa shape index (κ2) is 8.27. The molecule has 0 aliphatic heterocycles. The monoisotopic (exact) mass is 289 g/mol. The standard InChI is InChI=1S/C15H22F3NO/c1-3-6-12-7-5-8-13(9-12)14(19-4-2)10-20-11-15(16,17)18/h5,7-9,14,19H,3-4,6,10-11H2,1-2H3. The van der Waals surface area contributed by atoms with Gasteiger partial charge in [0.1, 0.15) is 6.61 Å². The number of halogens is 3. The fraction of sp³-hybridized carbons (Fsp3) is 0.600. The van der Waals surface area contributed by atoms with Crippen LogP contribution >= 0.6 is 0 Å². The van der Waals surface area contributed by atoms with E-state index >= 15 is 0 Å². The topological polar surface area (TPSA) is 21.3 Å². The van der Waals surface area contributed by atoms with Gasteiger partial charge in [0.2, 0.25) is 0 Å². The van der Waals surface area contributed by atoms with Crippen molar-refractivity contribution in [2.45, 2.75) is 38.9 Å². The Morgan fingerprint density at radius 1 is 1.25 bits per heavy atom. The minimum Gasteiger partial charge on any atom is -0.370 e. The lowest BCUT2D eigenvalue weighted by atomic mass is 10.0. The first-order valence-electron chi connectivity index (χ1n) is 6.93. The molecule has 0 saturated heterocycles. The summed E-state index contributed by atoms with van der Waals surface area (Å²) in [6.45, 7) is 3.51. The number of likely N-dealkylation sites (N-methyl/N-ethyl adjacent to an activating group) is 1.